The molecule has 3 saturated heterocycles. The lowest BCUT2D eigenvalue weighted by molar-refractivity contribution is -0.136. The number of piperidine rings is 1. The summed E-state index contributed by atoms with van der Waals surface area (Å²) >= 11 is 0. The van der Waals surface area contributed by atoms with Crippen LogP contribution < -0.4 is 11.1 Å². The van der Waals surface area contributed by atoms with E-state index in [0.29, 0.717) is 13.0 Å². The molecule has 0 aromatic rings. The number of nitrogens with zero attached hydrogens (tertiary/aromatic N) is 4. The lowest BCUT2D eigenvalue weighted by Gasteiger charge is -2.37. The van der Waals surface area contributed by atoms with Crippen LogP contribution in [0.1, 0.15) is 79.6 Å². The molecule has 0 aliphatic carbocycles. The summed E-state index contributed by atoms with van der Waals surface area (Å²) in [6, 6.07) is -0.0242. The van der Waals surface area contributed by atoms with Gasteiger partial charge in [0.2, 0.25) is 24.6 Å². The zero-order valence-electron chi connectivity index (χ0n) is 25.9. The Kier molecular flexibility index (Phi) is 20.4. The van der Waals surface area contributed by atoms with E-state index in [1.807, 2.05) is 4.90 Å². The molecule has 3 aliphatic rings. The van der Waals surface area contributed by atoms with Crippen LogP contribution in [0.4, 0.5) is 0 Å². The van der Waals surface area contributed by atoms with Gasteiger partial charge < -0.3 is 25.8 Å². The largest absolute Gasteiger partial charge is 0.372 e. The third-order valence-corrected chi connectivity index (χ3v) is 7.06. The Bertz CT molecular complexity index is 676. The number of primary amides is 1. The van der Waals surface area contributed by atoms with Gasteiger partial charge in [0.15, 0.2) is 0 Å². The van der Waals surface area contributed by atoms with Crippen molar-refractivity contribution in [1.82, 2.24) is 24.9 Å². The van der Waals surface area contributed by atoms with Gasteiger partial charge in [0.1, 0.15) is 0 Å². The molecule has 3 rings (SSSR count). The Morgan fingerprint density at radius 2 is 1.44 bits per heavy atom. The van der Waals surface area contributed by atoms with E-state index in [0.717, 1.165) is 51.2 Å². The minimum absolute atomic E-state index is 0.0133. The Balaban J connectivity index is 0.000000843. The number of hydrogen-bond acceptors (Lipinski definition) is 6. The summed E-state index contributed by atoms with van der Waals surface area (Å²) < 4.78 is 0. The summed E-state index contributed by atoms with van der Waals surface area (Å²) in [6.45, 7) is 16.7. The molecule has 0 unspecified atom stereocenters. The molecule has 10 heteroatoms. The molecule has 0 spiro atoms. The van der Waals surface area contributed by atoms with Gasteiger partial charge in [-0.1, -0.05) is 41.0 Å². The number of hydrogen-bond donors (Lipinski definition) is 2. The molecule has 10 nitrogen and oxygen atoms in total. The zero-order chi connectivity index (χ0) is 29.8. The number of amides is 4. The highest BCUT2D eigenvalue weighted by Crippen LogP contribution is 2.24. The average Bonchev–Trinajstić information content (AvgIpc) is 3.58. The predicted octanol–water partition coefficient (Wildman–Crippen LogP) is 2.17. The van der Waals surface area contributed by atoms with E-state index < -0.39 is 0 Å². The van der Waals surface area contributed by atoms with Crippen LogP contribution in [0, 0.1) is 11.8 Å². The molecule has 0 radical (unpaired) electrons. The molecule has 0 saturated carbocycles. The van der Waals surface area contributed by atoms with E-state index in [2.05, 4.69) is 62.5 Å². The van der Waals surface area contributed by atoms with Crippen LogP contribution in [-0.2, 0) is 19.2 Å². The first-order valence-electron chi connectivity index (χ1n) is 14.8. The monoisotopic (exact) mass is 554 g/mol. The molecule has 0 bridgehead atoms. The number of likely N-dealkylation sites (tertiary alicyclic amines) is 3. The summed E-state index contributed by atoms with van der Waals surface area (Å²) in [5, 5.41) is 2.43. The summed E-state index contributed by atoms with van der Waals surface area (Å²) in [7, 11) is 3.98. The fourth-order valence-corrected chi connectivity index (χ4v) is 4.98. The minimum Gasteiger partial charge on any atom is -0.372 e. The van der Waals surface area contributed by atoms with Crippen molar-refractivity contribution >= 4 is 24.6 Å². The average molecular weight is 555 g/mol. The number of likely N-dealkylation sites (N-methyl/N-ethyl adjacent to an activating group) is 1. The first kappa shape index (κ1) is 36.8. The van der Waals surface area contributed by atoms with E-state index in [4.69, 9.17) is 4.79 Å². The van der Waals surface area contributed by atoms with E-state index in [9.17, 15) is 14.4 Å². The second kappa shape index (κ2) is 21.6. The number of nitrogens with one attached hydrogen (secondary N) is 1. The van der Waals surface area contributed by atoms with Crippen LogP contribution in [0.2, 0.25) is 0 Å². The first-order valence-corrected chi connectivity index (χ1v) is 14.8. The van der Waals surface area contributed by atoms with Crippen LogP contribution in [0.25, 0.3) is 0 Å². The predicted molar refractivity (Wildman–Crippen MR) is 158 cm³/mol. The molecule has 39 heavy (non-hydrogen) atoms. The lowest BCUT2D eigenvalue weighted by atomic mass is 10.0. The fraction of sp³-hybridized carbons (Fsp3) is 0.862. The Hall–Kier alpha value is -2.20. The zero-order valence-corrected chi connectivity index (χ0v) is 25.9. The van der Waals surface area contributed by atoms with Crippen LogP contribution in [0.15, 0.2) is 0 Å². The molecule has 228 valence electrons. The van der Waals surface area contributed by atoms with Gasteiger partial charge in [0.25, 0.3) is 0 Å². The molecule has 0 aromatic heterocycles. The van der Waals surface area contributed by atoms with Crippen molar-refractivity contribution < 1.29 is 19.2 Å². The SMILES string of the molecule is CC(C)C.CC(C)[C@@H](CN1CCC[C@H]1C(=O)N1CCCC1)N(C)C(=O)CNC=O.CN1CCCCC1.NC=O. The molecule has 3 heterocycles. The highest BCUT2D eigenvalue weighted by atomic mass is 16.2. The smallest absolute Gasteiger partial charge is 0.241 e. The Morgan fingerprint density at radius 1 is 0.923 bits per heavy atom. The van der Waals surface area contributed by atoms with E-state index in [1.165, 1.54) is 32.4 Å². The summed E-state index contributed by atoms with van der Waals surface area (Å²) in [5.41, 5.74) is 4.17. The second-order valence-electron chi connectivity index (χ2n) is 11.7. The van der Waals surface area contributed by atoms with Crippen molar-refractivity contribution in [3.05, 3.63) is 0 Å². The second-order valence-corrected chi connectivity index (χ2v) is 11.7. The number of carbonyl (C=O) groups excluding carboxylic acids is 4. The van der Waals surface area contributed by atoms with E-state index in [1.54, 1.807) is 11.9 Å². The van der Waals surface area contributed by atoms with Gasteiger partial charge in [-0.25, -0.2) is 0 Å². The van der Waals surface area contributed by atoms with E-state index in [-0.39, 0.29) is 42.8 Å². The van der Waals surface area contributed by atoms with Crippen molar-refractivity contribution in [1.29, 1.82) is 0 Å². The van der Waals surface area contributed by atoms with E-state index >= 15 is 0 Å². The number of rotatable bonds is 8. The standard InChI is InChI=1S/C18H32N4O3.C6H13N.C4H10.CH3NO/c1-14(2)16(20(3)17(24)11-19-13-23)12-22-10-6-7-15(22)18(25)21-8-4-5-9-21;1-7-5-3-2-4-6-7;1-4(2)3;2-1-3/h13-16H,4-12H2,1-3H3,(H,19,23);2-6H2,1H3;4H,1-3H3;1H,(H2,2,3)/t15-,16+;;;/m0.../s1. The van der Waals surface area contributed by atoms with Crippen molar-refractivity contribution in [3.8, 4) is 0 Å². The fourth-order valence-electron chi connectivity index (χ4n) is 4.98. The minimum atomic E-state index is -0.104. The normalized spacial score (nSPS) is 20.0. The lowest BCUT2D eigenvalue weighted by Crippen LogP contribution is -2.53. The number of nitrogens with two attached hydrogens (primary N) is 1. The third-order valence-electron chi connectivity index (χ3n) is 7.06. The van der Waals surface area contributed by atoms with Gasteiger partial charge in [-0.2, -0.15) is 0 Å². The maximum atomic E-state index is 12.8. The summed E-state index contributed by atoms with van der Waals surface area (Å²) in [4.78, 5) is 52.4. The van der Waals surface area contributed by atoms with Gasteiger partial charge in [-0.3, -0.25) is 24.1 Å². The van der Waals surface area contributed by atoms with Crippen LogP contribution in [0.5, 0.6) is 0 Å². The Labute approximate surface area is 238 Å². The van der Waals surface area contributed by atoms with Gasteiger partial charge in [-0.15, -0.1) is 0 Å². The van der Waals surface area contributed by atoms with Crippen molar-refractivity contribution in [3.63, 3.8) is 0 Å². The maximum Gasteiger partial charge on any atom is 0.241 e. The summed E-state index contributed by atoms with van der Waals surface area (Å²) in [6.07, 6.45) is 9.21. The van der Waals surface area contributed by atoms with Crippen molar-refractivity contribution in [2.24, 2.45) is 17.6 Å². The molecular weight excluding hydrogens is 496 g/mol. The van der Waals surface area contributed by atoms with Gasteiger partial charge in [0.05, 0.1) is 12.6 Å². The Morgan fingerprint density at radius 3 is 1.87 bits per heavy atom. The van der Waals surface area contributed by atoms with Crippen LogP contribution >= 0.6 is 0 Å². The number of carbonyl (C=O) groups is 4. The van der Waals surface area contributed by atoms with Crippen molar-refractivity contribution in [2.45, 2.75) is 91.6 Å². The topological polar surface area (TPSA) is 119 Å². The first-order chi connectivity index (χ1) is 18.5. The van der Waals surface area contributed by atoms with Crippen LogP contribution in [-0.4, -0.2) is 116 Å². The molecule has 2 atom stereocenters. The molecule has 3 N–H and O–H groups in total. The third kappa shape index (κ3) is 15.8. The van der Waals surface area contributed by atoms with Crippen LogP contribution in [0.3, 0.4) is 0 Å². The summed E-state index contributed by atoms with van der Waals surface area (Å²) in [5.74, 6) is 1.26. The van der Waals surface area contributed by atoms with Crippen molar-refractivity contribution in [2.75, 3.05) is 59.9 Å². The maximum absolute atomic E-state index is 12.8. The van der Waals surface area contributed by atoms with Gasteiger partial charge >= 0.3 is 0 Å². The van der Waals surface area contributed by atoms with Gasteiger partial charge in [-0.05, 0) is 77.0 Å². The molecule has 0 aromatic carbocycles. The molecule has 3 aliphatic heterocycles. The highest BCUT2D eigenvalue weighted by molar-refractivity contribution is 5.82. The molecule has 4 amide bonds. The molecule has 3 fully saturated rings. The highest BCUT2D eigenvalue weighted by Gasteiger charge is 2.37. The molecular formula is C29H58N6O4. The van der Waals surface area contributed by atoms with Gasteiger partial charge in [0, 0.05) is 32.7 Å². The quantitative estimate of drug-likeness (QED) is 0.444.